The van der Waals surface area contributed by atoms with E-state index in [0.717, 1.165) is 0 Å². The van der Waals surface area contributed by atoms with Crippen LogP contribution in [0.4, 0.5) is 5.69 Å². The minimum atomic E-state index is -0.851. The number of para-hydroxylation sites is 2. The first-order valence-corrected chi connectivity index (χ1v) is 6.28. The molecule has 0 aliphatic carbocycles. The van der Waals surface area contributed by atoms with Gasteiger partial charge in [0.05, 0.1) is 12.8 Å². The fourth-order valence-electron chi connectivity index (χ4n) is 2.20. The van der Waals surface area contributed by atoms with E-state index in [1.807, 2.05) is 19.1 Å². The number of methoxy groups -OCH3 is 1. The molecule has 0 spiro atoms. The molecule has 2 rings (SSSR count). The Kier molecular flexibility index (Phi) is 3.46. The summed E-state index contributed by atoms with van der Waals surface area (Å²) >= 11 is 0. The minimum absolute atomic E-state index is 0.0226. The number of carbonyl (C=O) groups excluding carboxylic acids is 2. The first-order valence-electron chi connectivity index (χ1n) is 6.28. The van der Waals surface area contributed by atoms with Crippen LogP contribution in [0.5, 0.6) is 5.75 Å². The van der Waals surface area contributed by atoms with Gasteiger partial charge >= 0.3 is 0 Å². The Morgan fingerprint density at radius 2 is 2.05 bits per heavy atom. The molecule has 5 heteroatoms. The third-order valence-electron chi connectivity index (χ3n) is 3.52. The van der Waals surface area contributed by atoms with Crippen LogP contribution < -0.4 is 15.0 Å². The Morgan fingerprint density at radius 3 is 2.68 bits per heavy atom. The lowest BCUT2D eigenvalue weighted by Crippen LogP contribution is -2.65. The topological polar surface area (TPSA) is 58.6 Å². The molecule has 1 unspecified atom stereocenters. The number of anilines is 1. The number of hydrogen-bond acceptors (Lipinski definition) is 3. The van der Waals surface area contributed by atoms with Crippen LogP contribution in [0.25, 0.3) is 0 Å². The quantitative estimate of drug-likeness (QED) is 0.894. The van der Waals surface area contributed by atoms with E-state index in [0.29, 0.717) is 17.9 Å². The predicted molar refractivity (Wildman–Crippen MR) is 72.2 cm³/mol. The van der Waals surface area contributed by atoms with Gasteiger partial charge < -0.3 is 10.1 Å². The van der Waals surface area contributed by atoms with Gasteiger partial charge in [-0.1, -0.05) is 19.1 Å². The monoisotopic (exact) mass is 262 g/mol. The molecule has 5 nitrogen and oxygen atoms in total. The van der Waals surface area contributed by atoms with Gasteiger partial charge in [-0.25, -0.2) is 0 Å². The number of amides is 2. The lowest BCUT2D eigenvalue weighted by Gasteiger charge is -2.39. The zero-order chi connectivity index (χ0) is 14.0. The van der Waals surface area contributed by atoms with Gasteiger partial charge in [0.15, 0.2) is 0 Å². The summed E-state index contributed by atoms with van der Waals surface area (Å²) in [4.78, 5) is 25.9. The summed E-state index contributed by atoms with van der Waals surface area (Å²) in [6.45, 7) is 3.65. The van der Waals surface area contributed by atoms with E-state index >= 15 is 0 Å². The van der Waals surface area contributed by atoms with Crippen molar-refractivity contribution in [1.29, 1.82) is 0 Å². The van der Waals surface area contributed by atoms with Crippen molar-refractivity contribution in [2.45, 2.75) is 25.8 Å². The fraction of sp³-hybridized carbons (Fsp3) is 0.429. The van der Waals surface area contributed by atoms with Crippen LogP contribution in [0.1, 0.15) is 20.3 Å². The third kappa shape index (κ3) is 2.28. The second-order valence-electron chi connectivity index (χ2n) is 4.80. The molecule has 19 heavy (non-hydrogen) atoms. The molecule has 1 aromatic carbocycles. The van der Waals surface area contributed by atoms with Gasteiger partial charge in [0.25, 0.3) is 5.91 Å². The molecule has 1 atom stereocenters. The Morgan fingerprint density at radius 1 is 1.37 bits per heavy atom. The van der Waals surface area contributed by atoms with Crippen molar-refractivity contribution in [1.82, 2.24) is 5.32 Å². The number of ether oxygens (including phenoxy) is 1. The van der Waals surface area contributed by atoms with Crippen molar-refractivity contribution in [3.63, 3.8) is 0 Å². The normalized spacial score (nSPS) is 23.2. The van der Waals surface area contributed by atoms with Crippen molar-refractivity contribution < 1.29 is 14.3 Å². The molecule has 102 valence electrons. The molecule has 0 aromatic heterocycles. The molecule has 1 saturated heterocycles. The molecule has 1 aliphatic rings. The first kappa shape index (κ1) is 13.4. The Balaban J connectivity index is 2.43. The zero-order valence-electron chi connectivity index (χ0n) is 11.4. The van der Waals surface area contributed by atoms with Crippen molar-refractivity contribution in [2.75, 3.05) is 18.6 Å². The number of nitrogens with one attached hydrogen (secondary N) is 1. The highest BCUT2D eigenvalue weighted by atomic mass is 16.5. The molecule has 2 amide bonds. The fourth-order valence-corrected chi connectivity index (χ4v) is 2.20. The number of rotatable bonds is 3. The van der Waals surface area contributed by atoms with Crippen molar-refractivity contribution in [2.24, 2.45) is 0 Å². The van der Waals surface area contributed by atoms with Gasteiger partial charge in [0.2, 0.25) is 5.91 Å². The maximum Gasteiger partial charge on any atom is 0.253 e. The average Bonchev–Trinajstić information content (AvgIpc) is 2.42. The highest BCUT2D eigenvalue weighted by Gasteiger charge is 2.42. The molecule has 0 saturated carbocycles. The van der Waals surface area contributed by atoms with Crippen molar-refractivity contribution in [3.8, 4) is 5.75 Å². The van der Waals surface area contributed by atoms with E-state index in [9.17, 15) is 9.59 Å². The lowest BCUT2D eigenvalue weighted by molar-refractivity contribution is -0.135. The Bertz CT molecular complexity index is 515. The minimum Gasteiger partial charge on any atom is -0.495 e. The lowest BCUT2D eigenvalue weighted by atomic mass is 9.94. The molecule has 0 radical (unpaired) electrons. The Labute approximate surface area is 112 Å². The van der Waals surface area contributed by atoms with E-state index in [1.54, 1.807) is 26.2 Å². The van der Waals surface area contributed by atoms with Crippen LogP contribution in [0.3, 0.4) is 0 Å². The summed E-state index contributed by atoms with van der Waals surface area (Å²) in [5.41, 5.74) is -0.222. The van der Waals surface area contributed by atoms with Gasteiger partial charge in [0, 0.05) is 0 Å². The summed E-state index contributed by atoms with van der Waals surface area (Å²) in [7, 11) is 1.55. The summed E-state index contributed by atoms with van der Waals surface area (Å²) in [6, 6.07) is 7.21. The molecule has 1 N–H and O–H groups in total. The van der Waals surface area contributed by atoms with E-state index < -0.39 is 5.54 Å². The highest BCUT2D eigenvalue weighted by Crippen LogP contribution is 2.31. The average molecular weight is 262 g/mol. The number of piperazine rings is 1. The SMILES string of the molecule is CCC1(C)NC(=O)CN(c2ccccc2OC)C1=O. The van der Waals surface area contributed by atoms with Crippen LogP contribution in [0.15, 0.2) is 24.3 Å². The van der Waals surface area contributed by atoms with Gasteiger partial charge in [-0.2, -0.15) is 0 Å². The summed E-state index contributed by atoms with van der Waals surface area (Å²) in [5.74, 6) is 0.318. The highest BCUT2D eigenvalue weighted by molar-refractivity contribution is 6.09. The molecule has 1 aromatic rings. The Hall–Kier alpha value is -2.04. The molecule has 0 bridgehead atoms. The van der Waals surface area contributed by atoms with E-state index in [-0.39, 0.29) is 18.4 Å². The van der Waals surface area contributed by atoms with Crippen molar-refractivity contribution >= 4 is 17.5 Å². The first-order chi connectivity index (χ1) is 9.01. The second-order valence-corrected chi connectivity index (χ2v) is 4.80. The van der Waals surface area contributed by atoms with Crippen LogP contribution in [0, 0.1) is 0 Å². The summed E-state index contributed by atoms with van der Waals surface area (Å²) in [6.07, 6.45) is 0.545. The van der Waals surface area contributed by atoms with E-state index in [2.05, 4.69) is 5.32 Å². The zero-order valence-corrected chi connectivity index (χ0v) is 11.4. The van der Waals surface area contributed by atoms with Crippen LogP contribution in [-0.2, 0) is 9.59 Å². The van der Waals surface area contributed by atoms with Crippen molar-refractivity contribution in [3.05, 3.63) is 24.3 Å². The molecule has 1 heterocycles. The van der Waals surface area contributed by atoms with Crippen LogP contribution >= 0.6 is 0 Å². The van der Waals surface area contributed by atoms with E-state index in [4.69, 9.17) is 4.74 Å². The number of carbonyl (C=O) groups is 2. The maximum atomic E-state index is 12.5. The largest absolute Gasteiger partial charge is 0.495 e. The number of nitrogens with zero attached hydrogens (tertiary/aromatic N) is 1. The van der Waals surface area contributed by atoms with Gasteiger partial charge in [-0.3, -0.25) is 14.5 Å². The summed E-state index contributed by atoms with van der Waals surface area (Å²) < 4.78 is 5.26. The third-order valence-corrected chi connectivity index (χ3v) is 3.52. The number of hydrogen-bond donors (Lipinski definition) is 1. The van der Waals surface area contributed by atoms with E-state index in [1.165, 1.54) is 4.90 Å². The maximum absolute atomic E-state index is 12.5. The standard InChI is InChI=1S/C14H18N2O3/c1-4-14(2)13(18)16(9-12(17)15-14)10-7-5-6-8-11(10)19-3/h5-8H,4,9H2,1-3H3,(H,15,17). The molecule has 1 fully saturated rings. The van der Waals surface area contributed by atoms with Crippen LogP contribution in [0.2, 0.25) is 0 Å². The smallest absolute Gasteiger partial charge is 0.253 e. The second kappa shape index (κ2) is 4.91. The molecule has 1 aliphatic heterocycles. The van der Waals surface area contributed by atoms with Crippen LogP contribution in [-0.4, -0.2) is 31.0 Å². The number of benzene rings is 1. The molecular weight excluding hydrogens is 244 g/mol. The van der Waals surface area contributed by atoms with Gasteiger partial charge in [-0.05, 0) is 25.5 Å². The van der Waals surface area contributed by atoms with Gasteiger partial charge in [-0.15, -0.1) is 0 Å². The predicted octanol–water partition coefficient (Wildman–Crippen LogP) is 1.33. The van der Waals surface area contributed by atoms with Gasteiger partial charge in [0.1, 0.15) is 17.8 Å². The molecular formula is C14H18N2O3. The summed E-state index contributed by atoms with van der Waals surface area (Å²) in [5, 5.41) is 2.76.